The molecule has 114 valence electrons. The topological polar surface area (TPSA) is 69.6 Å². The number of piperazine rings is 1. The number of hydrogen-bond donors (Lipinski definition) is 2. The van der Waals surface area contributed by atoms with Gasteiger partial charge in [0, 0.05) is 6.54 Å². The largest absolute Gasteiger partial charge is 0.508 e. The Morgan fingerprint density at radius 1 is 1.24 bits per heavy atom. The van der Waals surface area contributed by atoms with Crippen LogP contribution in [0.4, 0.5) is 0 Å². The van der Waals surface area contributed by atoms with E-state index in [4.69, 9.17) is 0 Å². The molecule has 5 nitrogen and oxygen atoms in total. The van der Waals surface area contributed by atoms with Crippen LogP contribution in [0.5, 0.6) is 5.75 Å². The fourth-order valence-electron chi connectivity index (χ4n) is 2.63. The molecule has 1 aromatic rings. The van der Waals surface area contributed by atoms with Crippen molar-refractivity contribution in [3.8, 4) is 5.75 Å². The Labute approximate surface area is 125 Å². The van der Waals surface area contributed by atoms with Crippen molar-refractivity contribution in [1.82, 2.24) is 10.2 Å². The first kappa shape index (κ1) is 15.4. The maximum atomic E-state index is 12.6. The lowest BCUT2D eigenvalue weighted by Crippen LogP contribution is -2.67. The molecule has 1 heterocycles. The van der Waals surface area contributed by atoms with Gasteiger partial charge in [0.05, 0.1) is 0 Å². The fourth-order valence-corrected chi connectivity index (χ4v) is 2.63. The van der Waals surface area contributed by atoms with Crippen molar-refractivity contribution in [2.24, 2.45) is 0 Å². The first-order chi connectivity index (χ1) is 9.85. The van der Waals surface area contributed by atoms with Crippen LogP contribution in [0.25, 0.3) is 0 Å². The molecule has 1 fully saturated rings. The fraction of sp³-hybridized carbons (Fsp3) is 0.500. The molecule has 2 amide bonds. The first-order valence-corrected chi connectivity index (χ1v) is 7.26. The Kier molecular flexibility index (Phi) is 4.21. The molecule has 1 aromatic carbocycles. The molecule has 2 N–H and O–H groups in total. The van der Waals surface area contributed by atoms with Crippen molar-refractivity contribution in [3.05, 3.63) is 29.8 Å². The highest BCUT2D eigenvalue weighted by molar-refractivity contribution is 5.99. The van der Waals surface area contributed by atoms with E-state index >= 15 is 0 Å². The van der Waals surface area contributed by atoms with Crippen molar-refractivity contribution >= 4 is 11.8 Å². The molecule has 0 saturated carbocycles. The van der Waals surface area contributed by atoms with Crippen molar-refractivity contribution in [3.63, 3.8) is 0 Å². The number of phenols is 1. The summed E-state index contributed by atoms with van der Waals surface area (Å²) in [7, 11) is 0. The molecule has 21 heavy (non-hydrogen) atoms. The van der Waals surface area contributed by atoms with Gasteiger partial charge in [-0.3, -0.25) is 9.59 Å². The van der Waals surface area contributed by atoms with Crippen LogP contribution >= 0.6 is 0 Å². The van der Waals surface area contributed by atoms with Gasteiger partial charge in [-0.15, -0.1) is 0 Å². The molecule has 1 unspecified atom stereocenters. The lowest BCUT2D eigenvalue weighted by molar-refractivity contribution is -0.154. The van der Waals surface area contributed by atoms with Gasteiger partial charge in [-0.2, -0.15) is 0 Å². The highest BCUT2D eigenvalue weighted by atomic mass is 16.3. The van der Waals surface area contributed by atoms with Crippen LogP contribution in [0.1, 0.15) is 39.2 Å². The zero-order chi connectivity index (χ0) is 15.6. The molecule has 1 saturated heterocycles. The van der Waals surface area contributed by atoms with Crippen molar-refractivity contribution in [1.29, 1.82) is 0 Å². The third-order valence-electron chi connectivity index (χ3n) is 3.76. The van der Waals surface area contributed by atoms with Crippen LogP contribution in [-0.2, 0) is 16.1 Å². The lowest BCUT2D eigenvalue weighted by atomic mass is 9.94. The Balaban J connectivity index is 2.27. The average molecular weight is 290 g/mol. The van der Waals surface area contributed by atoms with Gasteiger partial charge in [-0.05, 0) is 38.0 Å². The Bertz CT molecular complexity index is 537. The average Bonchev–Trinajstić information content (AvgIpc) is 2.42. The van der Waals surface area contributed by atoms with E-state index in [9.17, 15) is 14.7 Å². The smallest absolute Gasteiger partial charge is 0.248 e. The Hall–Kier alpha value is -2.04. The summed E-state index contributed by atoms with van der Waals surface area (Å²) in [5.74, 6) is 0.0146. The normalized spacial score (nSPS) is 21.3. The summed E-state index contributed by atoms with van der Waals surface area (Å²) in [6.45, 7) is 5.81. The maximum Gasteiger partial charge on any atom is 0.248 e. The summed E-state index contributed by atoms with van der Waals surface area (Å²) in [6.07, 6.45) is 1.48. The second kappa shape index (κ2) is 5.76. The molecule has 1 aliphatic heterocycles. The molecule has 0 spiro atoms. The highest BCUT2D eigenvalue weighted by Gasteiger charge is 2.44. The number of rotatable bonds is 4. The van der Waals surface area contributed by atoms with Gasteiger partial charge < -0.3 is 15.3 Å². The monoisotopic (exact) mass is 290 g/mol. The summed E-state index contributed by atoms with van der Waals surface area (Å²) >= 11 is 0. The molecule has 1 aliphatic rings. The number of nitrogens with zero attached hydrogens (tertiary/aromatic N) is 1. The minimum Gasteiger partial charge on any atom is -0.508 e. The van der Waals surface area contributed by atoms with Crippen LogP contribution in [0.2, 0.25) is 0 Å². The second-order valence-electron chi connectivity index (χ2n) is 6.02. The standard InChI is InChI=1S/C16H22N2O3/c1-4-5-13-14(20)17-16(2,3)15(21)18(13)10-11-6-8-12(19)9-7-11/h6-9,13,19H,4-5,10H2,1-3H3,(H,17,20). The molecular formula is C16H22N2O3. The summed E-state index contributed by atoms with van der Waals surface area (Å²) in [5.41, 5.74) is 0.0193. The molecule has 0 bridgehead atoms. The minimum absolute atomic E-state index is 0.0753. The van der Waals surface area contributed by atoms with Crippen LogP contribution in [0.15, 0.2) is 24.3 Å². The van der Waals surface area contributed by atoms with Gasteiger partial charge in [0.15, 0.2) is 0 Å². The van der Waals surface area contributed by atoms with Gasteiger partial charge in [0.25, 0.3) is 0 Å². The van der Waals surface area contributed by atoms with E-state index in [1.807, 2.05) is 6.92 Å². The highest BCUT2D eigenvalue weighted by Crippen LogP contribution is 2.23. The number of carbonyl (C=O) groups excluding carboxylic acids is 2. The molecule has 5 heteroatoms. The van der Waals surface area contributed by atoms with E-state index < -0.39 is 11.6 Å². The van der Waals surface area contributed by atoms with Gasteiger partial charge >= 0.3 is 0 Å². The van der Waals surface area contributed by atoms with Crippen LogP contribution < -0.4 is 5.32 Å². The van der Waals surface area contributed by atoms with Crippen molar-refractivity contribution < 1.29 is 14.7 Å². The lowest BCUT2D eigenvalue weighted by Gasteiger charge is -2.43. The predicted octanol–water partition coefficient (Wildman–Crippen LogP) is 1.80. The molecule has 0 aliphatic carbocycles. The maximum absolute atomic E-state index is 12.6. The van der Waals surface area contributed by atoms with E-state index in [2.05, 4.69) is 5.32 Å². The molecular weight excluding hydrogens is 268 g/mol. The number of aromatic hydroxyl groups is 1. The number of nitrogens with one attached hydrogen (secondary N) is 1. The Morgan fingerprint density at radius 3 is 2.43 bits per heavy atom. The van der Waals surface area contributed by atoms with Crippen molar-refractivity contribution in [2.45, 2.75) is 51.7 Å². The second-order valence-corrected chi connectivity index (χ2v) is 6.02. The van der Waals surface area contributed by atoms with Gasteiger partial charge in [0.1, 0.15) is 17.3 Å². The minimum atomic E-state index is -0.877. The summed E-state index contributed by atoms with van der Waals surface area (Å²) in [6, 6.07) is 6.29. The first-order valence-electron chi connectivity index (χ1n) is 7.26. The summed E-state index contributed by atoms with van der Waals surface area (Å²) in [4.78, 5) is 26.5. The molecule has 0 radical (unpaired) electrons. The SMILES string of the molecule is CCCC1C(=O)NC(C)(C)C(=O)N1Cc1ccc(O)cc1. The quantitative estimate of drug-likeness (QED) is 0.888. The molecule has 0 aromatic heterocycles. The van der Waals surface area contributed by atoms with E-state index in [0.29, 0.717) is 13.0 Å². The van der Waals surface area contributed by atoms with E-state index in [-0.39, 0.29) is 17.6 Å². The zero-order valence-corrected chi connectivity index (χ0v) is 12.7. The van der Waals surface area contributed by atoms with Crippen LogP contribution in [0, 0.1) is 0 Å². The van der Waals surface area contributed by atoms with Crippen LogP contribution in [-0.4, -0.2) is 33.4 Å². The number of amides is 2. The predicted molar refractivity (Wildman–Crippen MR) is 79.6 cm³/mol. The third-order valence-corrected chi connectivity index (χ3v) is 3.76. The number of phenolic OH excluding ortho intramolecular Hbond substituents is 1. The summed E-state index contributed by atoms with van der Waals surface area (Å²) in [5, 5.41) is 12.1. The zero-order valence-electron chi connectivity index (χ0n) is 12.7. The summed E-state index contributed by atoms with van der Waals surface area (Å²) < 4.78 is 0. The number of benzene rings is 1. The Morgan fingerprint density at radius 2 is 1.86 bits per heavy atom. The molecule has 2 rings (SSSR count). The van der Waals surface area contributed by atoms with Gasteiger partial charge in [-0.1, -0.05) is 25.5 Å². The van der Waals surface area contributed by atoms with E-state index in [1.54, 1.807) is 43.0 Å². The van der Waals surface area contributed by atoms with E-state index in [1.165, 1.54) is 0 Å². The van der Waals surface area contributed by atoms with Gasteiger partial charge in [-0.25, -0.2) is 0 Å². The van der Waals surface area contributed by atoms with E-state index in [0.717, 1.165) is 12.0 Å². The molecule has 1 atom stereocenters. The number of hydrogen-bond acceptors (Lipinski definition) is 3. The van der Waals surface area contributed by atoms with Gasteiger partial charge in [0.2, 0.25) is 11.8 Å². The number of carbonyl (C=O) groups is 2. The van der Waals surface area contributed by atoms with Crippen LogP contribution in [0.3, 0.4) is 0 Å². The third kappa shape index (κ3) is 3.17. The van der Waals surface area contributed by atoms with Crippen molar-refractivity contribution in [2.75, 3.05) is 0 Å².